The summed E-state index contributed by atoms with van der Waals surface area (Å²) in [5.74, 6) is -0.634. The number of pyridine rings is 1. The van der Waals surface area contributed by atoms with Gasteiger partial charge in [-0.1, -0.05) is 35.9 Å². The van der Waals surface area contributed by atoms with Gasteiger partial charge >= 0.3 is 12.0 Å². The number of carboxylic acids is 1. The molecule has 0 radical (unpaired) electrons. The first-order chi connectivity index (χ1) is 18.6. The second-order valence-corrected chi connectivity index (χ2v) is 9.15. The predicted molar refractivity (Wildman–Crippen MR) is 148 cm³/mol. The summed E-state index contributed by atoms with van der Waals surface area (Å²) >= 11 is 6.28. The highest BCUT2D eigenvalue weighted by molar-refractivity contribution is 6.31. The molecule has 3 rings (SSSR count). The number of urea groups is 1. The van der Waals surface area contributed by atoms with Gasteiger partial charge in [0.25, 0.3) is 5.56 Å². The van der Waals surface area contributed by atoms with Crippen molar-refractivity contribution in [1.29, 1.82) is 0 Å². The Morgan fingerprint density at radius 1 is 1.05 bits per heavy atom. The van der Waals surface area contributed by atoms with Crippen molar-refractivity contribution in [3.05, 3.63) is 80.2 Å². The summed E-state index contributed by atoms with van der Waals surface area (Å²) in [5.41, 5.74) is 1.07. The lowest BCUT2D eigenvalue weighted by molar-refractivity contribution is -0.137. The molecule has 2 amide bonds. The van der Waals surface area contributed by atoms with Crippen LogP contribution < -0.4 is 25.7 Å². The number of anilines is 1. The molecule has 0 spiro atoms. The molecule has 3 aromatic rings. The minimum Gasteiger partial charge on any atom is -0.505 e. The number of nitrogens with one attached hydrogen (secondary N) is 2. The molecule has 1 aromatic heterocycles. The van der Waals surface area contributed by atoms with E-state index in [4.69, 9.17) is 21.1 Å². The Morgan fingerprint density at radius 3 is 2.36 bits per heavy atom. The molecule has 1 atom stereocenters. The Morgan fingerprint density at radius 2 is 1.72 bits per heavy atom. The van der Waals surface area contributed by atoms with E-state index in [1.807, 2.05) is 6.92 Å². The highest BCUT2D eigenvalue weighted by Crippen LogP contribution is 2.32. The van der Waals surface area contributed by atoms with E-state index in [0.29, 0.717) is 52.1 Å². The number of nitrogens with zero attached hydrogens (tertiary/aromatic N) is 1. The molecule has 0 aliphatic rings. The summed E-state index contributed by atoms with van der Waals surface area (Å²) in [6.45, 7) is 7.82. The average Bonchev–Trinajstić information content (AvgIpc) is 2.89. The third-order valence-corrected chi connectivity index (χ3v) is 6.55. The first-order valence-electron chi connectivity index (χ1n) is 12.4. The van der Waals surface area contributed by atoms with Crippen molar-refractivity contribution in [2.45, 2.75) is 46.7 Å². The number of ether oxygens (including phenoxy) is 2. The van der Waals surface area contributed by atoms with Gasteiger partial charge in [-0.25, -0.2) is 4.79 Å². The molecular weight excluding hydrogens is 526 g/mol. The largest absolute Gasteiger partial charge is 0.505 e. The first-order valence-corrected chi connectivity index (χ1v) is 12.8. The van der Waals surface area contributed by atoms with E-state index in [0.717, 1.165) is 0 Å². The molecule has 0 aliphatic heterocycles. The molecule has 0 saturated carbocycles. The summed E-state index contributed by atoms with van der Waals surface area (Å²) in [4.78, 5) is 38.0. The third-order valence-electron chi connectivity index (χ3n) is 6.18. The molecule has 0 fully saturated rings. The summed E-state index contributed by atoms with van der Waals surface area (Å²) in [5, 5.41) is 25.7. The van der Waals surface area contributed by atoms with Crippen LogP contribution in [-0.2, 0) is 11.3 Å². The van der Waals surface area contributed by atoms with Crippen LogP contribution >= 0.6 is 11.6 Å². The van der Waals surface area contributed by atoms with Crippen molar-refractivity contribution in [2.24, 2.45) is 0 Å². The Hall–Kier alpha value is -4.18. The minimum atomic E-state index is -1.15. The number of carbonyl (C=O) groups excluding carboxylic acids is 1. The van der Waals surface area contributed by atoms with Gasteiger partial charge in [0.1, 0.15) is 5.75 Å². The molecule has 39 heavy (non-hydrogen) atoms. The second-order valence-electron chi connectivity index (χ2n) is 8.74. The van der Waals surface area contributed by atoms with Crippen LogP contribution in [0.25, 0.3) is 0 Å². The normalized spacial score (nSPS) is 11.5. The van der Waals surface area contributed by atoms with E-state index in [9.17, 15) is 24.6 Å². The Labute approximate surface area is 231 Å². The fourth-order valence-corrected chi connectivity index (χ4v) is 4.26. The number of hydrogen-bond donors (Lipinski definition) is 4. The van der Waals surface area contributed by atoms with Crippen LogP contribution in [0, 0.1) is 13.8 Å². The monoisotopic (exact) mass is 557 g/mol. The van der Waals surface area contributed by atoms with Crippen molar-refractivity contribution >= 4 is 29.3 Å². The lowest BCUT2D eigenvalue weighted by Gasteiger charge is -2.21. The molecule has 1 heterocycles. The van der Waals surface area contributed by atoms with Gasteiger partial charge in [-0.3, -0.25) is 9.59 Å². The van der Waals surface area contributed by atoms with Crippen molar-refractivity contribution in [3.8, 4) is 17.2 Å². The quantitative estimate of drug-likeness (QED) is 0.260. The number of rotatable bonds is 11. The molecule has 0 bridgehead atoms. The number of amides is 2. The second kappa shape index (κ2) is 13.1. The Bertz CT molecular complexity index is 1420. The number of aromatic hydroxyl groups is 1. The molecule has 10 nitrogen and oxygen atoms in total. The van der Waals surface area contributed by atoms with Crippen LogP contribution in [0.15, 0.2) is 47.3 Å². The van der Waals surface area contributed by atoms with Crippen molar-refractivity contribution in [2.75, 3.05) is 18.5 Å². The third kappa shape index (κ3) is 7.02. The summed E-state index contributed by atoms with van der Waals surface area (Å²) in [6.07, 6.45) is -0.442. The summed E-state index contributed by atoms with van der Waals surface area (Å²) < 4.78 is 12.6. The summed E-state index contributed by atoms with van der Waals surface area (Å²) in [6, 6.07) is 10.1. The van der Waals surface area contributed by atoms with Gasteiger partial charge in [-0.2, -0.15) is 0 Å². The maximum Gasteiger partial charge on any atom is 0.319 e. The molecule has 0 unspecified atom stereocenters. The standard InChI is InChI=1S/C28H32ClN3O7/c1-5-38-22-12-11-18(13-23(22)39-6-2)21(14-24(33)34)30-28(37)31-25-26(35)16(3)17(4)32(27(25)36)15-19-9-7-8-10-20(19)29/h7-13,21,35H,5-6,14-15H2,1-4H3,(H,33,34)(H2,30,31,37)/t21-/m0/s1. The van der Waals surface area contributed by atoms with Gasteiger partial charge in [-0.15, -0.1) is 0 Å². The van der Waals surface area contributed by atoms with Crippen LogP contribution in [0.5, 0.6) is 17.2 Å². The maximum absolute atomic E-state index is 13.4. The smallest absolute Gasteiger partial charge is 0.319 e. The van der Waals surface area contributed by atoms with Gasteiger partial charge in [0, 0.05) is 16.3 Å². The van der Waals surface area contributed by atoms with Gasteiger partial charge < -0.3 is 34.9 Å². The van der Waals surface area contributed by atoms with E-state index in [2.05, 4.69) is 10.6 Å². The highest BCUT2D eigenvalue weighted by atomic mass is 35.5. The molecule has 208 valence electrons. The van der Waals surface area contributed by atoms with E-state index in [1.54, 1.807) is 63.2 Å². The van der Waals surface area contributed by atoms with Gasteiger partial charge in [0.2, 0.25) is 0 Å². The molecule has 4 N–H and O–H groups in total. The molecule has 2 aromatic carbocycles. The van der Waals surface area contributed by atoms with Crippen molar-refractivity contribution < 1.29 is 29.3 Å². The number of benzene rings is 2. The number of aliphatic carboxylic acids is 1. The number of aromatic nitrogens is 1. The number of carbonyl (C=O) groups is 2. The number of hydrogen-bond acceptors (Lipinski definition) is 6. The molecule has 11 heteroatoms. The van der Waals surface area contributed by atoms with Crippen LogP contribution in [0.2, 0.25) is 5.02 Å². The van der Waals surface area contributed by atoms with Crippen LogP contribution in [0.1, 0.15) is 48.7 Å². The number of carboxylic acid groups (broad SMARTS) is 1. The lowest BCUT2D eigenvalue weighted by atomic mass is 10.0. The predicted octanol–water partition coefficient (Wildman–Crippen LogP) is 5.01. The number of halogens is 1. The topological polar surface area (TPSA) is 139 Å². The fourth-order valence-electron chi connectivity index (χ4n) is 4.07. The zero-order valence-corrected chi connectivity index (χ0v) is 23.0. The van der Waals surface area contributed by atoms with E-state index < -0.39 is 30.0 Å². The van der Waals surface area contributed by atoms with Crippen LogP contribution in [0.4, 0.5) is 10.5 Å². The van der Waals surface area contributed by atoms with Gasteiger partial charge in [-0.05, 0) is 57.0 Å². The van der Waals surface area contributed by atoms with E-state index in [-0.39, 0.29) is 18.0 Å². The Balaban J connectivity index is 1.93. The molecular formula is C28H32ClN3O7. The van der Waals surface area contributed by atoms with Crippen LogP contribution in [0.3, 0.4) is 0 Å². The first kappa shape index (κ1) is 29.4. The Kier molecular flexibility index (Phi) is 9.84. The highest BCUT2D eigenvalue weighted by Gasteiger charge is 2.23. The SMILES string of the molecule is CCOc1ccc([C@H](CC(=O)O)NC(=O)Nc2c(O)c(C)c(C)n(Cc3ccccc3Cl)c2=O)cc1OCC. The lowest BCUT2D eigenvalue weighted by Crippen LogP contribution is -2.36. The minimum absolute atomic E-state index is 0.121. The van der Waals surface area contributed by atoms with Gasteiger partial charge in [0.15, 0.2) is 17.2 Å². The van der Waals surface area contributed by atoms with Crippen LogP contribution in [-0.4, -0.2) is 40.0 Å². The average molecular weight is 558 g/mol. The van der Waals surface area contributed by atoms with E-state index >= 15 is 0 Å². The fraction of sp³-hybridized carbons (Fsp3) is 0.321. The zero-order chi connectivity index (χ0) is 28.7. The van der Waals surface area contributed by atoms with Gasteiger partial charge in [0.05, 0.1) is 32.2 Å². The maximum atomic E-state index is 13.4. The molecule has 0 saturated heterocycles. The van der Waals surface area contributed by atoms with Crippen molar-refractivity contribution in [1.82, 2.24) is 9.88 Å². The van der Waals surface area contributed by atoms with Crippen molar-refractivity contribution in [3.63, 3.8) is 0 Å². The molecule has 0 aliphatic carbocycles. The zero-order valence-electron chi connectivity index (χ0n) is 22.2. The summed E-state index contributed by atoms with van der Waals surface area (Å²) in [7, 11) is 0. The van der Waals surface area contributed by atoms with E-state index in [1.165, 1.54) is 4.57 Å².